The van der Waals surface area contributed by atoms with E-state index in [4.69, 9.17) is 23.7 Å². The molecule has 0 aliphatic rings. The molecule has 0 aliphatic carbocycles. The molecule has 6 heteroatoms. The van der Waals surface area contributed by atoms with E-state index in [1.54, 1.807) is 35.5 Å². The molecule has 0 saturated carbocycles. The molecule has 0 heterocycles. The summed E-state index contributed by atoms with van der Waals surface area (Å²) in [5.41, 5.74) is 4.41. The highest BCUT2D eigenvalue weighted by Gasteiger charge is 2.19. The zero-order valence-corrected chi connectivity index (χ0v) is 20.7. The molecular weight excluding hydrogens is 418 g/mol. The van der Waals surface area contributed by atoms with Gasteiger partial charge in [0.05, 0.1) is 35.0 Å². The monoisotopic (exact) mass is 453 g/mol. The van der Waals surface area contributed by atoms with Crippen molar-refractivity contribution < 1.29 is 23.7 Å². The number of ether oxygens (including phenoxy) is 5. The Labute approximate surface area is 196 Å². The van der Waals surface area contributed by atoms with Gasteiger partial charge in [0, 0.05) is 13.7 Å². The van der Waals surface area contributed by atoms with E-state index in [9.17, 15) is 0 Å². The average Bonchev–Trinajstić information content (AvgIpc) is 2.82. The average molecular weight is 454 g/mol. The third-order valence-corrected chi connectivity index (χ3v) is 5.67. The molecule has 0 atom stereocenters. The van der Waals surface area contributed by atoms with Crippen molar-refractivity contribution in [2.75, 3.05) is 42.1 Å². The molecule has 3 rings (SSSR count). The van der Waals surface area contributed by atoms with Gasteiger partial charge in [0.25, 0.3) is 0 Å². The van der Waals surface area contributed by atoms with Gasteiger partial charge in [-0.05, 0) is 75.8 Å². The van der Waals surface area contributed by atoms with Gasteiger partial charge in [-0.3, -0.25) is 0 Å². The fourth-order valence-corrected chi connectivity index (χ4v) is 4.11. The van der Waals surface area contributed by atoms with E-state index in [-0.39, 0.29) is 0 Å². The van der Waals surface area contributed by atoms with Crippen LogP contribution >= 0.6 is 0 Å². The van der Waals surface area contributed by atoms with Crippen LogP contribution in [0.25, 0.3) is 21.9 Å². The maximum atomic E-state index is 5.67. The van der Waals surface area contributed by atoms with Crippen LogP contribution in [-0.4, -0.2) is 42.1 Å². The predicted molar refractivity (Wildman–Crippen MR) is 133 cm³/mol. The zero-order valence-electron chi connectivity index (χ0n) is 20.7. The van der Waals surface area contributed by atoms with E-state index in [1.165, 1.54) is 5.56 Å². The summed E-state index contributed by atoms with van der Waals surface area (Å²) in [5.74, 6) is 3.30. The van der Waals surface area contributed by atoms with Crippen molar-refractivity contribution in [2.45, 2.75) is 27.0 Å². The van der Waals surface area contributed by atoms with Crippen LogP contribution in [0, 0.1) is 5.92 Å². The number of rotatable bonds is 11. The maximum absolute atomic E-state index is 5.67. The lowest BCUT2D eigenvalue weighted by molar-refractivity contribution is 0.184. The van der Waals surface area contributed by atoms with Gasteiger partial charge in [0.15, 0.2) is 23.0 Å². The quantitative estimate of drug-likeness (QED) is 0.418. The summed E-state index contributed by atoms with van der Waals surface area (Å²) in [6, 6.07) is 12.3. The van der Waals surface area contributed by atoms with E-state index >= 15 is 0 Å². The molecule has 33 heavy (non-hydrogen) atoms. The molecule has 178 valence electrons. The van der Waals surface area contributed by atoms with Crippen molar-refractivity contribution in [1.29, 1.82) is 0 Å². The second kappa shape index (κ2) is 11.3. The first-order chi connectivity index (χ1) is 16.0. The Morgan fingerprint density at radius 1 is 0.758 bits per heavy atom. The standard InChI is InChI=1S/C27H35NO5/c1-17(2)14-28-15-20-10-19-12-25(32-6)26(33-7)13-21(19)27(22(20)16-29-3)18-8-9-23(30-4)24(11-18)31-5/h8-13,17,28H,14-16H2,1-7H3. The van der Waals surface area contributed by atoms with Gasteiger partial charge in [-0.2, -0.15) is 0 Å². The normalized spacial score (nSPS) is 11.2. The molecule has 0 radical (unpaired) electrons. The predicted octanol–water partition coefficient (Wildman–Crippen LogP) is 5.43. The van der Waals surface area contributed by atoms with Crippen LogP contribution < -0.4 is 24.3 Å². The van der Waals surface area contributed by atoms with E-state index < -0.39 is 0 Å². The van der Waals surface area contributed by atoms with E-state index in [0.29, 0.717) is 35.5 Å². The van der Waals surface area contributed by atoms with Gasteiger partial charge in [-0.25, -0.2) is 0 Å². The van der Waals surface area contributed by atoms with Crippen LogP contribution in [0.1, 0.15) is 25.0 Å². The molecule has 6 nitrogen and oxygen atoms in total. The lowest BCUT2D eigenvalue weighted by Crippen LogP contribution is -2.20. The minimum absolute atomic E-state index is 0.479. The number of fused-ring (bicyclic) bond motifs is 1. The molecule has 0 amide bonds. The summed E-state index contributed by atoms with van der Waals surface area (Å²) < 4.78 is 27.9. The molecule has 1 N–H and O–H groups in total. The molecule has 0 spiro atoms. The maximum Gasteiger partial charge on any atom is 0.161 e. The highest BCUT2D eigenvalue weighted by Crippen LogP contribution is 2.42. The van der Waals surface area contributed by atoms with Crippen molar-refractivity contribution in [3.8, 4) is 34.1 Å². The van der Waals surface area contributed by atoms with Gasteiger partial charge >= 0.3 is 0 Å². The molecule has 0 saturated heterocycles. The van der Waals surface area contributed by atoms with Crippen molar-refractivity contribution >= 4 is 10.8 Å². The fraction of sp³-hybridized carbons (Fsp3) is 0.407. The number of methoxy groups -OCH3 is 5. The zero-order chi connectivity index (χ0) is 24.0. The molecule has 3 aromatic rings. The second-order valence-electron chi connectivity index (χ2n) is 8.35. The van der Waals surface area contributed by atoms with Crippen molar-refractivity contribution in [2.24, 2.45) is 5.92 Å². The topological polar surface area (TPSA) is 58.2 Å². The lowest BCUT2D eigenvalue weighted by Gasteiger charge is -2.21. The van der Waals surface area contributed by atoms with Gasteiger partial charge in [-0.1, -0.05) is 19.9 Å². The lowest BCUT2D eigenvalue weighted by atomic mass is 9.89. The van der Waals surface area contributed by atoms with Gasteiger partial charge < -0.3 is 29.0 Å². The Bertz CT molecular complexity index is 1090. The third kappa shape index (κ3) is 5.34. The minimum atomic E-state index is 0.479. The smallest absolute Gasteiger partial charge is 0.161 e. The van der Waals surface area contributed by atoms with Crippen LogP contribution in [-0.2, 0) is 17.9 Å². The first kappa shape index (κ1) is 24.7. The minimum Gasteiger partial charge on any atom is -0.493 e. The van der Waals surface area contributed by atoms with Crippen molar-refractivity contribution in [3.63, 3.8) is 0 Å². The van der Waals surface area contributed by atoms with E-state index in [0.717, 1.165) is 40.6 Å². The summed E-state index contributed by atoms with van der Waals surface area (Å²) >= 11 is 0. The Kier molecular flexibility index (Phi) is 8.42. The van der Waals surface area contributed by atoms with Crippen LogP contribution in [0.4, 0.5) is 0 Å². The van der Waals surface area contributed by atoms with Crippen molar-refractivity contribution in [3.05, 3.63) is 47.5 Å². The first-order valence-corrected chi connectivity index (χ1v) is 11.1. The highest BCUT2D eigenvalue weighted by atomic mass is 16.5. The summed E-state index contributed by atoms with van der Waals surface area (Å²) in [5, 5.41) is 5.70. The summed E-state index contributed by atoms with van der Waals surface area (Å²) in [4.78, 5) is 0. The molecule has 0 aliphatic heterocycles. The van der Waals surface area contributed by atoms with E-state index in [1.807, 2.05) is 24.3 Å². The first-order valence-electron chi connectivity index (χ1n) is 11.1. The number of nitrogens with one attached hydrogen (secondary N) is 1. The van der Waals surface area contributed by atoms with Gasteiger partial charge in [0.2, 0.25) is 0 Å². The fourth-order valence-electron chi connectivity index (χ4n) is 4.11. The second-order valence-corrected chi connectivity index (χ2v) is 8.35. The third-order valence-electron chi connectivity index (χ3n) is 5.67. The molecular formula is C27H35NO5. The molecule has 0 aromatic heterocycles. The Morgan fingerprint density at radius 2 is 1.39 bits per heavy atom. The number of benzene rings is 3. The van der Waals surface area contributed by atoms with Gasteiger partial charge in [-0.15, -0.1) is 0 Å². The number of hydrogen-bond acceptors (Lipinski definition) is 6. The van der Waals surface area contributed by atoms with Crippen molar-refractivity contribution in [1.82, 2.24) is 5.32 Å². The summed E-state index contributed by atoms with van der Waals surface area (Å²) in [6.45, 7) is 6.56. The molecule has 3 aromatic carbocycles. The summed E-state index contributed by atoms with van der Waals surface area (Å²) in [6.07, 6.45) is 0. The Balaban J connectivity index is 2.33. The van der Waals surface area contributed by atoms with Gasteiger partial charge in [0.1, 0.15) is 0 Å². The Hall–Kier alpha value is -2.96. The SMILES string of the molecule is COCc1c(CNCC(C)C)cc2cc(OC)c(OC)cc2c1-c1ccc(OC)c(OC)c1. The largest absolute Gasteiger partial charge is 0.493 e. The van der Waals surface area contributed by atoms with Crippen LogP contribution in [0.2, 0.25) is 0 Å². The summed E-state index contributed by atoms with van der Waals surface area (Å²) in [7, 11) is 8.32. The highest BCUT2D eigenvalue weighted by molar-refractivity contribution is 6.01. The molecule has 0 fully saturated rings. The molecule has 0 unspecified atom stereocenters. The Morgan fingerprint density at radius 3 is 2.00 bits per heavy atom. The van der Waals surface area contributed by atoms with Crippen LogP contribution in [0.15, 0.2) is 36.4 Å². The number of hydrogen-bond donors (Lipinski definition) is 1. The van der Waals surface area contributed by atoms with E-state index in [2.05, 4.69) is 31.3 Å². The van der Waals surface area contributed by atoms with Crippen LogP contribution in [0.5, 0.6) is 23.0 Å². The van der Waals surface area contributed by atoms with Crippen LogP contribution in [0.3, 0.4) is 0 Å². The molecule has 0 bridgehead atoms.